The second-order valence-electron chi connectivity index (χ2n) is 7.52. The SMILES string of the molecule is COc1ccc(C2=NN(C(=O)COC(=O)c3cc(Cl)c(OC)c(OC)c3)C(c3ccco3)C2)cc1. The maximum absolute atomic E-state index is 13.1. The molecule has 0 spiro atoms. The molecule has 10 heteroatoms. The molecular formula is C25H23ClN2O7. The lowest BCUT2D eigenvalue weighted by Gasteiger charge is -2.19. The Bertz CT molecular complexity index is 1240. The van der Waals surface area contributed by atoms with Gasteiger partial charge >= 0.3 is 5.97 Å². The van der Waals surface area contributed by atoms with Crippen molar-refractivity contribution < 1.29 is 33.0 Å². The van der Waals surface area contributed by atoms with Crippen LogP contribution in [0.2, 0.25) is 5.02 Å². The van der Waals surface area contributed by atoms with E-state index >= 15 is 0 Å². The van der Waals surface area contributed by atoms with E-state index in [-0.39, 0.29) is 16.3 Å². The van der Waals surface area contributed by atoms with Crippen molar-refractivity contribution in [2.45, 2.75) is 12.5 Å². The molecule has 1 aromatic heterocycles. The first-order chi connectivity index (χ1) is 16.9. The van der Waals surface area contributed by atoms with Gasteiger partial charge in [0.2, 0.25) is 0 Å². The Morgan fingerprint density at radius 2 is 1.86 bits per heavy atom. The van der Waals surface area contributed by atoms with Crippen LogP contribution >= 0.6 is 11.6 Å². The first kappa shape index (κ1) is 24.2. The molecule has 9 nitrogen and oxygen atoms in total. The smallest absolute Gasteiger partial charge is 0.338 e. The van der Waals surface area contributed by atoms with E-state index in [1.807, 2.05) is 24.3 Å². The number of amides is 1. The summed E-state index contributed by atoms with van der Waals surface area (Å²) in [6.45, 7) is -0.526. The normalized spacial score (nSPS) is 14.9. The lowest BCUT2D eigenvalue weighted by Crippen LogP contribution is -2.31. The van der Waals surface area contributed by atoms with Crippen LogP contribution in [0.5, 0.6) is 17.2 Å². The van der Waals surface area contributed by atoms with Gasteiger partial charge in [0.05, 0.1) is 43.9 Å². The molecule has 0 radical (unpaired) electrons. The average Bonchev–Trinajstić information content (AvgIpc) is 3.57. The zero-order chi connectivity index (χ0) is 24.9. The van der Waals surface area contributed by atoms with Crippen LogP contribution in [0.25, 0.3) is 0 Å². The summed E-state index contributed by atoms with van der Waals surface area (Å²) in [6.07, 6.45) is 1.97. The van der Waals surface area contributed by atoms with Crippen molar-refractivity contribution in [2.75, 3.05) is 27.9 Å². The van der Waals surface area contributed by atoms with Crippen molar-refractivity contribution in [3.05, 3.63) is 76.7 Å². The molecule has 0 N–H and O–H groups in total. The lowest BCUT2D eigenvalue weighted by molar-refractivity contribution is -0.136. The molecule has 1 aliphatic rings. The van der Waals surface area contributed by atoms with Gasteiger partial charge in [0.1, 0.15) is 17.6 Å². The number of ether oxygens (including phenoxy) is 4. The van der Waals surface area contributed by atoms with E-state index in [0.717, 1.165) is 5.56 Å². The third-order valence-electron chi connectivity index (χ3n) is 5.46. The molecule has 1 amide bonds. The second kappa shape index (κ2) is 10.5. The van der Waals surface area contributed by atoms with Crippen LogP contribution in [0.1, 0.15) is 34.1 Å². The molecule has 0 aliphatic carbocycles. The van der Waals surface area contributed by atoms with Crippen LogP contribution in [0.4, 0.5) is 0 Å². The Labute approximate surface area is 206 Å². The van der Waals surface area contributed by atoms with E-state index in [2.05, 4.69) is 5.10 Å². The Morgan fingerprint density at radius 1 is 1.09 bits per heavy atom. The molecule has 1 aliphatic heterocycles. The van der Waals surface area contributed by atoms with Crippen molar-refractivity contribution in [3.8, 4) is 17.2 Å². The molecule has 1 atom stereocenters. The van der Waals surface area contributed by atoms with E-state index in [9.17, 15) is 9.59 Å². The maximum atomic E-state index is 13.1. The molecule has 0 fully saturated rings. The molecular weight excluding hydrogens is 476 g/mol. The Kier molecular flexibility index (Phi) is 7.26. The van der Waals surface area contributed by atoms with Gasteiger partial charge in [-0.2, -0.15) is 5.10 Å². The minimum absolute atomic E-state index is 0.117. The molecule has 182 valence electrons. The van der Waals surface area contributed by atoms with Gasteiger partial charge < -0.3 is 23.4 Å². The Hall–Kier alpha value is -3.98. The fraction of sp³-hybridized carbons (Fsp3) is 0.240. The fourth-order valence-corrected chi connectivity index (χ4v) is 4.00. The number of nitrogens with zero attached hydrogens (tertiary/aromatic N) is 2. The topological polar surface area (TPSA) is 99.8 Å². The minimum Gasteiger partial charge on any atom is -0.497 e. The van der Waals surface area contributed by atoms with E-state index in [4.69, 9.17) is 35.0 Å². The number of halogens is 1. The van der Waals surface area contributed by atoms with E-state index in [0.29, 0.717) is 29.4 Å². The van der Waals surface area contributed by atoms with E-state index < -0.39 is 24.5 Å². The number of carbonyl (C=O) groups is 2. The molecule has 2 heterocycles. The number of furan rings is 1. The predicted molar refractivity (Wildman–Crippen MR) is 127 cm³/mol. The number of esters is 1. The summed E-state index contributed by atoms with van der Waals surface area (Å²) in [7, 11) is 4.45. The molecule has 35 heavy (non-hydrogen) atoms. The van der Waals surface area contributed by atoms with Gasteiger partial charge in [0.15, 0.2) is 18.1 Å². The maximum Gasteiger partial charge on any atom is 0.338 e. The van der Waals surface area contributed by atoms with Gasteiger partial charge in [-0.15, -0.1) is 0 Å². The highest BCUT2D eigenvalue weighted by Gasteiger charge is 2.35. The van der Waals surface area contributed by atoms with Crippen molar-refractivity contribution in [2.24, 2.45) is 5.10 Å². The van der Waals surface area contributed by atoms with Gasteiger partial charge in [0.25, 0.3) is 5.91 Å². The monoisotopic (exact) mass is 498 g/mol. The standard InChI is InChI=1S/C25H23ClN2O7/c1-31-17-8-6-15(7-9-17)19-13-20(21-5-4-10-34-21)28(27-19)23(29)14-35-25(30)16-11-18(26)24(33-3)22(12-16)32-2/h4-12,20H,13-14H2,1-3H3. The van der Waals surface area contributed by atoms with Gasteiger partial charge in [0, 0.05) is 6.42 Å². The number of rotatable bonds is 8. The number of hydrazone groups is 1. The van der Waals surface area contributed by atoms with Crippen LogP contribution in [0.15, 0.2) is 64.3 Å². The van der Waals surface area contributed by atoms with Gasteiger partial charge in [-0.3, -0.25) is 4.79 Å². The molecule has 0 saturated carbocycles. The van der Waals surface area contributed by atoms with E-state index in [1.165, 1.54) is 37.6 Å². The summed E-state index contributed by atoms with van der Waals surface area (Å²) in [5.41, 5.74) is 1.65. The number of carbonyl (C=O) groups excluding carboxylic acids is 2. The quantitative estimate of drug-likeness (QED) is 0.422. The molecule has 0 saturated heterocycles. The van der Waals surface area contributed by atoms with Gasteiger partial charge in [-0.25, -0.2) is 9.80 Å². The summed E-state index contributed by atoms with van der Waals surface area (Å²) in [5, 5.41) is 5.98. The third kappa shape index (κ3) is 5.09. The van der Waals surface area contributed by atoms with Crippen molar-refractivity contribution in [3.63, 3.8) is 0 Å². The molecule has 2 aromatic carbocycles. The molecule has 4 rings (SSSR count). The van der Waals surface area contributed by atoms with Gasteiger partial charge in [-0.05, 0) is 54.1 Å². The van der Waals surface area contributed by atoms with E-state index in [1.54, 1.807) is 19.2 Å². The molecule has 0 bridgehead atoms. The molecule has 3 aromatic rings. The summed E-state index contributed by atoms with van der Waals surface area (Å²) in [5.74, 6) is 0.600. The second-order valence-corrected chi connectivity index (χ2v) is 7.93. The number of benzene rings is 2. The summed E-state index contributed by atoms with van der Waals surface area (Å²) >= 11 is 6.17. The van der Waals surface area contributed by atoms with Crippen LogP contribution in [-0.2, 0) is 9.53 Å². The van der Waals surface area contributed by atoms with Crippen molar-refractivity contribution >= 4 is 29.2 Å². The summed E-state index contributed by atoms with van der Waals surface area (Å²) in [4.78, 5) is 25.7. The lowest BCUT2D eigenvalue weighted by atomic mass is 10.0. The zero-order valence-corrected chi connectivity index (χ0v) is 20.1. The van der Waals surface area contributed by atoms with Crippen LogP contribution < -0.4 is 14.2 Å². The first-order valence-corrected chi connectivity index (χ1v) is 11.0. The van der Waals surface area contributed by atoms with Gasteiger partial charge in [-0.1, -0.05) is 11.6 Å². The minimum atomic E-state index is -0.741. The van der Waals surface area contributed by atoms with Crippen LogP contribution in [-0.4, -0.2) is 50.5 Å². The third-order valence-corrected chi connectivity index (χ3v) is 5.74. The van der Waals surface area contributed by atoms with Crippen LogP contribution in [0.3, 0.4) is 0 Å². The Balaban J connectivity index is 1.51. The Morgan fingerprint density at radius 3 is 2.49 bits per heavy atom. The highest BCUT2D eigenvalue weighted by Crippen LogP contribution is 2.36. The average molecular weight is 499 g/mol. The predicted octanol–water partition coefficient (Wildman–Crippen LogP) is 4.49. The first-order valence-electron chi connectivity index (χ1n) is 10.6. The summed E-state index contributed by atoms with van der Waals surface area (Å²) < 4.78 is 26.4. The number of hydrogen-bond donors (Lipinski definition) is 0. The van der Waals surface area contributed by atoms with Crippen molar-refractivity contribution in [1.29, 1.82) is 0 Å². The van der Waals surface area contributed by atoms with Crippen molar-refractivity contribution in [1.82, 2.24) is 5.01 Å². The highest BCUT2D eigenvalue weighted by molar-refractivity contribution is 6.32. The largest absolute Gasteiger partial charge is 0.497 e. The number of methoxy groups -OCH3 is 3. The molecule has 1 unspecified atom stereocenters. The zero-order valence-electron chi connectivity index (χ0n) is 19.3. The van der Waals surface area contributed by atoms with Crippen LogP contribution in [0, 0.1) is 0 Å². The highest BCUT2D eigenvalue weighted by atomic mass is 35.5. The summed E-state index contributed by atoms with van der Waals surface area (Å²) in [6, 6.07) is 13.2. The fourth-order valence-electron chi connectivity index (χ4n) is 3.71. The number of hydrogen-bond acceptors (Lipinski definition) is 8.